The molecule has 1 atom stereocenters. The highest BCUT2D eigenvalue weighted by Gasteiger charge is 2.52. The smallest absolute Gasteiger partial charge is 0.231 e. The standard InChI is InChI=1S/C12H15NOS/c1-12(2)10(14)13(3)11(12)15-9-7-5-4-6-8-9/h4-8,11H,1-3H3. The molecule has 0 bridgehead atoms. The molecular formula is C12H15NOS. The van der Waals surface area contributed by atoms with E-state index in [0.717, 1.165) is 0 Å². The number of carbonyl (C=O) groups is 1. The first-order valence-corrected chi connectivity index (χ1v) is 5.90. The van der Waals surface area contributed by atoms with Gasteiger partial charge in [-0.15, -0.1) is 0 Å². The molecule has 1 aromatic rings. The van der Waals surface area contributed by atoms with Crippen molar-refractivity contribution in [3.63, 3.8) is 0 Å². The van der Waals surface area contributed by atoms with Crippen LogP contribution in [-0.4, -0.2) is 23.2 Å². The van der Waals surface area contributed by atoms with Crippen molar-refractivity contribution in [3.05, 3.63) is 30.3 Å². The molecule has 0 N–H and O–H groups in total. The molecule has 0 spiro atoms. The van der Waals surface area contributed by atoms with Gasteiger partial charge in [-0.25, -0.2) is 0 Å². The van der Waals surface area contributed by atoms with Gasteiger partial charge in [-0.2, -0.15) is 0 Å². The van der Waals surface area contributed by atoms with Crippen molar-refractivity contribution in [2.75, 3.05) is 7.05 Å². The second kappa shape index (κ2) is 3.56. The Morgan fingerprint density at radius 1 is 1.27 bits per heavy atom. The Morgan fingerprint density at radius 2 is 1.87 bits per heavy atom. The lowest BCUT2D eigenvalue weighted by Gasteiger charge is -2.50. The molecule has 0 radical (unpaired) electrons. The van der Waals surface area contributed by atoms with Crippen LogP contribution >= 0.6 is 11.8 Å². The minimum atomic E-state index is -0.227. The third-order valence-corrected chi connectivity index (χ3v) is 4.50. The monoisotopic (exact) mass is 221 g/mol. The highest BCUT2D eigenvalue weighted by molar-refractivity contribution is 8.00. The van der Waals surface area contributed by atoms with Crippen molar-refractivity contribution in [1.29, 1.82) is 0 Å². The van der Waals surface area contributed by atoms with Crippen LogP contribution in [0.5, 0.6) is 0 Å². The van der Waals surface area contributed by atoms with Gasteiger partial charge in [-0.1, -0.05) is 30.0 Å². The third-order valence-electron chi connectivity index (χ3n) is 2.83. The number of likely N-dealkylation sites (tertiary alicyclic amines) is 1. The summed E-state index contributed by atoms with van der Waals surface area (Å²) in [7, 11) is 1.87. The first-order chi connectivity index (χ1) is 7.03. The largest absolute Gasteiger partial charge is 0.332 e. The first-order valence-electron chi connectivity index (χ1n) is 5.02. The number of β-lactam (4-membered cyclic amide) rings is 1. The van der Waals surface area contributed by atoms with Crippen LogP contribution in [0, 0.1) is 5.41 Å². The minimum Gasteiger partial charge on any atom is -0.332 e. The number of hydrogen-bond acceptors (Lipinski definition) is 2. The molecule has 1 amide bonds. The van der Waals surface area contributed by atoms with E-state index in [2.05, 4.69) is 12.1 Å². The normalized spacial score (nSPS) is 23.8. The Balaban J connectivity index is 2.11. The summed E-state index contributed by atoms with van der Waals surface area (Å²) in [6.07, 6.45) is 0. The Morgan fingerprint density at radius 3 is 2.40 bits per heavy atom. The predicted octanol–water partition coefficient (Wildman–Crippen LogP) is 2.60. The highest BCUT2D eigenvalue weighted by Crippen LogP contribution is 2.46. The SMILES string of the molecule is CN1C(=O)C(C)(C)C1Sc1ccccc1. The Labute approximate surface area is 94.7 Å². The number of carbonyl (C=O) groups excluding carboxylic acids is 1. The lowest BCUT2D eigenvalue weighted by Crippen LogP contribution is -2.62. The van der Waals surface area contributed by atoms with Crippen molar-refractivity contribution in [1.82, 2.24) is 4.90 Å². The second-order valence-corrected chi connectivity index (χ2v) is 5.57. The van der Waals surface area contributed by atoms with Gasteiger partial charge in [0, 0.05) is 11.9 Å². The summed E-state index contributed by atoms with van der Waals surface area (Å²) >= 11 is 1.75. The van der Waals surface area contributed by atoms with E-state index in [9.17, 15) is 4.79 Å². The summed E-state index contributed by atoms with van der Waals surface area (Å²) < 4.78 is 0. The maximum absolute atomic E-state index is 11.6. The first kappa shape index (κ1) is 10.6. The van der Waals surface area contributed by atoms with Crippen LogP contribution in [0.25, 0.3) is 0 Å². The lowest BCUT2D eigenvalue weighted by atomic mass is 9.83. The maximum Gasteiger partial charge on any atom is 0.231 e. The molecule has 1 saturated heterocycles. The number of hydrogen-bond donors (Lipinski definition) is 0. The molecule has 0 saturated carbocycles. The molecule has 3 heteroatoms. The Hall–Kier alpha value is -0.960. The molecule has 2 nitrogen and oxygen atoms in total. The number of amides is 1. The van der Waals surface area contributed by atoms with Gasteiger partial charge >= 0.3 is 0 Å². The molecule has 1 aromatic carbocycles. The molecule has 1 heterocycles. The molecule has 1 fully saturated rings. The number of thioether (sulfide) groups is 1. The van der Waals surface area contributed by atoms with Gasteiger partial charge in [0.05, 0.1) is 10.8 Å². The topological polar surface area (TPSA) is 20.3 Å². The van der Waals surface area contributed by atoms with E-state index in [0.29, 0.717) is 0 Å². The van der Waals surface area contributed by atoms with Gasteiger partial charge in [0.2, 0.25) is 5.91 Å². The average Bonchev–Trinajstić information content (AvgIpc) is 2.26. The van der Waals surface area contributed by atoms with Crippen molar-refractivity contribution in [3.8, 4) is 0 Å². The molecule has 0 aromatic heterocycles. The number of nitrogens with zero attached hydrogens (tertiary/aromatic N) is 1. The van der Waals surface area contributed by atoms with Gasteiger partial charge in [-0.3, -0.25) is 4.79 Å². The Bertz CT molecular complexity index is 374. The zero-order valence-electron chi connectivity index (χ0n) is 9.23. The van der Waals surface area contributed by atoms with Crippen LogP contribution in [0.4, 0.5) is 0 Å². The van der Waals surface area contributed by atoms with E-state index in [4.69, 9.17) is 0 Å². The average molecular weight is 221 g/mol. The van der Waals surface area contributed by atoms with Crippen LogP contribution in [0.1, 0.15) is 13.8 Å². The van der Waals surface area contributed by atoms with E-state index < -0.39 is 0 Å². The van der Waals surface area contributed by atoms with E-state index in [1.165, 1.54) is 4.90 Å². The number of benzene rings is 1. The number of rotatable bonds is 2. The van der Waals surface area contributed by atoms with Crippen LogP contribution < -0.4 is 0 Å². The molecule has 2 rings (SSSR count). The fourth-order valence-electron chi connectivity index (χ4n) is 1.94. The summed E-state index contributed by atoms with van der Waals surface area (Å²) in [6.45, 7) is 4.02. The van der Waals surface area contributed by atoms with Gasteiger partial charge in [-0.05, 0) is 26.0 Å². The van der Waals surface area contributed by atoms with Gasteiger partial charge < -0.3 is 4.90 Å². The van der Waals surface area contributed by atoms with Crippen LogP contribution in [0.15, 0.2) is 35.2 Å². The maximum atomic E-state index is 11.6. The lowest BCUT2D eigenvalue weighted by molar-refractivity contribution is -0.156. The second-order valence-electron chi connectivity index (χ2n) is 4.42. The summed E-state index contributed by atoms with van der Waals surface area (Å²) in [5.74, 6) is 0.232. The minimum absolute atomic E-state index is 0.227. The molecule has 0 aliphatic carbocycles. The van der Waals surface area contributed by atoms with Crippen molar-refractivity contribution in [2.24, 2.45) is 5.41 Å². The predicted molar refractivity (Wildman–Crippen MR) is 62.6 cm³/mol. The van der Waals surface area contributed by atoms with Gasteiger partial charge in [0.25, 0.3) is 0 Å². The third kappa shape index (κ3) is 1.65. The highest BCUT2D eigenvalue weighted by atomic mass is 32.2. The fraction of sp³-hybridized carbons (Fsp3) is 0.417. The quantitative estimate of drug-likeness (QED) is 0.715. The van der Waals surface area contributed by atoms with Crippen LogP contribution in [0.2, 0.25) is 0 Å². The summed E-state index contributed by atoms with van der Waals surface area (Å²) in [5, 5.41) is 0.257. The van der Waals surface area contributed by atoms with Crippen LogP contribution in [-0.2, 0) is 4.79 Å². The molecule has 1 aliphatic rings. The molecular weight excluding hydrogens is 206 g/mol. The van der Waals surface area contributed by atoms with E-state index >= 15 is 0 Å². The van der Waals surface area contributed by atoms with E-state index in [-0.39, 0.29) is 16.7 Å². The van der Waals surface area contributed by atoms with E-state index in [1.807, 2.05) is 44.0 Å². The van der Waals surface area contributed by atoms with Gasteiger partial charge in [0.15, 0.2) is 0 Å². The van der Waals surface area contributed by atoms with Crippen LogP contribution in [0.3, 0.4) is 0 Å². The molecule has 1 aliphatic heterocycles. The van der Waals surface area contributed by atoms with Crippen molar-refractivity contribution in [2.45, 2.75) is 24.1 Å². The summed E-state index contributed by atoms with van der Waals surface area (Å²) in [6, 6.07) is 10.2. The Kier molecular flexibility index (Phi) is 2.51. The zero-order valence-corrected chi connectivity index (χ0v) is 10.0. The molecule has 15 heavy (non-hydrogen) atoms. The van der Waals surface area contributed by atoms with Crippen molar-refractivity contribution >= 4 is 17.7 Å². The fourth-order valence-corrected chi connectivity index (χ4v) is 3.16. The van der Waals surface area contributed by atoms with Crippen molar-refractivity contribution < 1.29 is 4.79 Å². The molecule has 80 valence electrons. The summed E-state index contributed by atoms with van der Waals surface area (Å²) in [4.78, 5) is 14.6. The summed E-state index contributed by atoms with van der Waals surface area (Å²) in [5.41, 5.74) is -0.227. The van der Waals surface area contributed by atoms with E-state index in [1.54, 1.807) is 11.8 Å². The molecule has 1 unspecified atom stereocenters. The zero-order chi connectivity index (χ0) is 11.1. The van der Waals surface area contributed by atoms with Gasteiger partial charge in [0.1, 0.15) is 0 Å².